The van der Waals surface area contributed by atoms with Gasteiger partial charge in [-0.2, -0.15) is 0 Å². The van der Waals surface area contributed by atoms with E-state index in [1.807, 2.05) is 25.9 Å². The van der Waals surface area contributed by atoms with Crippen molar-refractivity contribution in [1.29, 1.82) is 0 Å². The third-order valence-electron chi connectivity index (χ3n) is 6.16. The number of hydrogen-bond donors (Lipinski definition) is 2. The lowest BCUT2D eigenvalue weighted by Gasteiger charge is -2.14. The van der Waals surface area contributed by atoms with Gasteiger partial charge in [0.25, 0.3) is 0 Å². The Bertz CT molecular complexity index is 1840. The van der Waals surface area contributed by atoms with E-state index < -0.39 is 5.82 Å². The van der Waals surface area contributed by atoms with Crippen molar-refractivity contribution in [3.05, 3.63) is 101 Å². The van der Waals surface area contributed by atoms with Gasteiger partial charge in [-0.05, 0) is 64.0 Å². The van der Waals surface area contributed by atoms with Crippen LogP contribution >= 0.6 is 0 Å². The number of fused-ring (bicyclic) bond motifs is 1. The topological polar surface area (TPSA) is 124 Å². The fraction of sp³-hybridized carbons (Fsp3) is 0.167. The van der Waals surface area contributed by atoms with Gasteiger partial charge >= 0.3 is 6.01 Å². The van der Waals surface area contributed by atoms with Crippen molar-refractivity contribution in [2.24, 2.45) is 0 Å². The van der Waals surface area contributed by atoms with Gasteiger partial charge in [0.2, 0.25) is 5.91 Å². The normalized spacial score (nSPS) is 12.7. The molecule has 0 saturated carbocycles. The Kier molecular flexibility index (Phi) is 7.58. The smallest absolute Gasteiger partial charge is 0.322 e. The minimum absolute atomic E-state index is 0.0297. The summed E-state index contributed by atoms with van der Waals surface area (Å²) in [5.74, 6) is -0.690. The highest BCUT2D eigenvalue weighted by atomic mass is 19.1. The van der Waals surface area contributed by atoms with Crippen LogP contribution in [0.25, 0.3) is 22.3 Å². The number of ether oxygens (including phenoxy) is 1. The Labute approximate surface area is 235 Å². The first-order valence-corrected chi connectivity index (χ1v) is 12.7. The van der Waals surface area contributed by atoms with E-state index in [-0.39, 0.29) is 23.5 Å². The highest BCUT2D eigenvalue weighted by molar-refractivity contribution is 5.96. The summed E-state index contributed by atoms with van der Waals surface area (Å²) in [5.41, 5.74) is 17.2. The number of amides is 1. The molecule has 4 aromatic rings. The molecule has 0 unspecified atom stereocenters. The summed E-state index contributed by atoms with van der Waals surface area (Å²) in [4.78, 5) is 31.0. The van der Waals surface area contributed by atoms with Crippen molar-refractivity contribution in [1.82, 2.24) is 34.7 Å². The molecule has 0 aliphatic heterocycles. The summed E-state index contributed by atoms with van der Waals surface area (Å²) >= 11 is 0. The molecule has 1 amide bonds. The summed E-state index contributed by atoms with van der Waals surface area (Å²) in [6.07, 6.45) is 9.68. The van der Waals surface area contributed by atoms with Crippen molar-refractivity contribution in [3.8, 4) is 17.4 Å². The van der Waals surface area contributed by atoms with Gasteiger partial charge in [-0.25, -0.2) is 24.3 Å². The molecule has 10 nitrogen and oxygen atoms in total. The van der Waals surface area contributed by atoms with E-state index in [1.165, 1.54) is 24.5 Å². The molecule has 3 N–H and O–H groups in total. The first kappa shape index (κ1) is 27.2. The third kappa shape index (κ3) is 5.83. The number of benzene rings is 1. The zero-order chi connectivity index (χ0) is 29.1. The monoisotopic (exact) mass is 550 g/mol. The van der Waals surface area contributed by atoms with Crippen molar-refractivity contribution in [2.45, 2.75) is 13.8 Å². The van der Waals surface area contributed by atoms with Gasteiger partial charge in [0.1, 0.15) is 11.8 Å². The number of carbonyl (C=O) groups excluding carboxylic acids is 1. The zero-order valence-electron chi connectivity index (χ0n) is 22.9. The van der Waals surface area contributed by atoms with Crippen LogP contribution in [-0.4, -0.2) is 56.0 Å². The van der Waals surface area contributed by atoms with E-state index in [4.69, 9.17) is 10.5 Å². The first-order chi connectivity index (χ1) is 19.7. The Morgan fingerprint density at radius 2 is 2.00 bits per heavy atom. The molecule has 0 radical (unpaired) electrons. The Morgan fingerprint density at radius 3 is 2.71 bits per heavy atom. The maximum atomic E-state index is 15.4. The fourth-order valence-corrected chi connectivity index (χ4v) is 4.29. The van der Waals surface area contributed by atoms with Gasteiger partial charge < -0.3 is 25.3 Å². The maximum Gasteiger partial charge on any atom is 0.322 e. The summed E-state index contributed by atoms with van der Waals surface area (Å²) in [5, 5.41) is 2.77. The van der Waals surface area contributed by atoms with Gasteiger partial charge in [-0.3, -0.25) is 4.79 Å². The second-order valence-corrected chi connectivity index (χ2v) is 9.53. The predicted octanol–water partition coefficient (Wildman–Crippen LogP) is 4.17. The fourth-order valence-electron chi connectivity index (χ4n) is 4.29. The molecule has 41 heavy (non-hydrogen) atoms. The second-order valence-electron chi connectivity index (χ2n) is 9.53. The van der Waals surface area contributed by atoms with Crippen molar-refractivity contribution >= 4 is 28.3 Å². The van der Waals surface area contributed by atoms with Crippen LogP contribution in [0.4, 0.5) is 10.2 Å². The number of nitrogens with zero attached hydrogens (tertiary/aromatic N) is 6. The van der Waals surface area contributed by atoms with Crippen molar-refractivity contribution < 1.29 is 13.9 Å². The molecular weight excluding hydrogens is 523 g/mol. The van der Waals surface area contributed by atoms with Gasteiger partial charge in [0.15, 0.2) is 17.4 Å². The number of nitrogens with two attached hydrogens (primary N) is 1. The molecule has 1 aliphatic carbocycles. The SMILES string of the molecule is Cc1ccnc(Oc2ccc(-n3c(C4=C=C=C(NC(=O)C=CCN(C)C)C=C4)c(C)c4ncnc(N)c43)cc2F)n1. The number of halogens is 1. The largest absolute Gasteiger partial charge is 0.421 e. The zero-order valence-corrected chi connectivity index (χ0v) is 22.9. The number of nitrogen functional groups attached to an aromatic ring is 1. The highest BCUT2D eigenvalue weighted by Gasteiger charge is 2.23. The average Bonchev–Trinajstić information content (AvgIpc) is 3.23. The van der Waals surface area contributed by atoms with Crippen LogP contribution in [0.5, 0.6) is 11.8 Å². The van der Waals surface area contributed by atoms with Crippen molar-refractivity contribution in [3.63, 3.8) is 0 Å². The average molecular weight is 551 g/mol. The molecule has 0 atom stereocenters. The highest BCUT2D eigenvalue weighted by Crippen LogP contribution is 2.36. The van der Waals surface area contributed by atoms with Crippen LogP contribution in [0.2, 0.25) is 0 Å². The maximum absolute atomic E-state index is 15.4. The lowest BCUT2D eigenvalue weighted by molar-refractivity contribution is -0.115. The van der Waals surface area contributed by atoms with Gasteiger partial charge in [0, 0.05) is 47.4 Å². The molecule has 1 aromatic carbocycles. The number of carbonyl (C=O) groups is 1. The Hall–Kier alpha value is -5.34. The minimum Gasteiger partial charge on any atom is -0.421 e. The number of anilines is 1. The molecule has 11 heteroatoms. The summed E-state index contributed by atoms with van der Waals surface area (Å²) < 4.78 is 22.7. The molecule has 0 spiro atoms. The number of hydrogen-bond acceptors (Lipinski definition) is 8. The van der Waals surface area contributed by atoms with Crippen LogP contribution < -0.4 is 15.8 Å². The van der Waals surface area contributed by atoms with Crippen LogP contribution in [-0.2, 0) is 4.79 Å². The van der Waals surface area contributed by atoms with Crippen molar-refractivity contribution in [2.75, 3.05) is 26.4 Å². The van der Waals surface area contributed by atoms with Gasteiger partial charge in [0.05, 0.1) is 16.9 Å². The van der Waals surface area contributed by atoms with E-state index in [0.29, 0.717) is 45.9 Å². The van der Waals surface area contributed by atoms with Crippen LogP contribution in [0.1, 0.15) is 17.0 Å². The molecule has 1 aliphatic rings. The molecule has 206 valence electrons. The number of rotatable bonds is 8. The lowest BCUT2D eigenvalue weighted by atomic mass is 10.1. The van der Waals surface area contributed by atoms with E-state index in [1.54, 1.807) is 48.0 Å². The first-order valence-electron chi connectivity index (χ1n) is 12.7. The molecule has 0 fully saturated rings. The van der Waals surface area contributed by atoms with E-state index in [2.05, 4.69) is 36.7 Å². The predicted molar refractivity (Wildman–Crippen MR) is 154 cm³/mol. The molecule has 3 heterocycles. The van der Waals surface area contributed by atoms with Crippen LogP contribution in [0, 0.1) is 19.7 Å². The van der Waals surface area contributed by atoms with Gasteiger partial charge in [-0.15, -0.1) is 0 Å². The minimum atomic E-state index is -0.621. The standard InChI is InChI=1S/C30H27FN8O2/c1-18-13-14-33-30(36-18)41-24-12-11-22(16-23(24)31)39-27(19(2)26-28(39)29(32)35-17-34-26)20-7-9-21(10-8-20)37-25(40)6-5-15-38(3)4/h5-7,9,11-14,16-17H,15H2,1-4H3,(H,37,40)(H2,32,34,35). The third-order valence-corrected chi connectivity index (χ3v) is 6.16. The number of aryl methyl sites for hydroxylation is 2. The van der Waals surface area contributed by atoms with Crippen LogP contribution in [0.15, 0.2) is 78.3 Å². The quantitative estimate of drug-likeness (QED) is 0.248. The van der Waals surface area contributed by atoms with E-state index in [9.17, 15) is 4.79 Å². The summed E-state index contributed by atoms with van der Waals surface area (Å²) in [6, 6.07) is 6.29. The van der Waals surface area contributed by atoms with E-state index in [0.717, 1.165) is 5.56 Å². The number of allylic oxidation sites excluding steroid dienone is 3. The molecule has 0 bridgehead atoms. The number of nitrogens with one attached hydrogen (secondary N) is 1. The number of aromatic nitrogens is 5. The second kappa shape index (κ2) is 11.4. The Morgan fingerprint density at radius 1 is 1.17 bits per heavy atom. The van der Waals surface area contributed by atoms with Crippen LogP contribution in [0.3, 0.4) is 0 Å². The summed E-state index contributed by atoms with van der Waals surface area (Å²) in [7, 11) is 3.84. The molecule has 3 aromatic heterocycles. The number of likely N-dealkylation sites (N-methyl/N-ethyl adjacent to an activating group) is 1. The van der Waals surface area contributed by atoms with E-state index >= 15 is 4.39 Å². The molecular formula is C30H27FN8O2. The summed E-state index contributed by atoms with van der Waals surface area (Å²) in [6.45, 7) is 4.33. The molecule has 5 rings (SSSR count). The lowest BCUT2D eigenvalue weighted by Crippen LogP contribution is -2.20. The Balaban J connectivity index is 1.57. The molecule has 0 saturated heterocycles. The van der Waals surface area contributed by atoms with Gasteiger partial charge in [-0.1, -0.05) is 11.8 Å².